The van der Waals surface area contributed by atoms with Crippen LogP contribution in [0.5, 0.6) is 0 Å². The number of hydrogen-bond donors (Lipinski definition) is 2. The molecule has 1 aliphatic rings. The third kappa shape index (κ3) is 3.20. The maximum Gasteiger partial charge on any atom is 0.237 e. The number of nitrogens with one attached hydrogen (secondary N) is 1. The molecule has 0 bridgehead atoms. The molecule has 1 unspecified atom stereocenters. The predicted octanol–water partition coefficient (Wildman–Crippen LogP) is 1.81. The first-order valence-corrected chi connectivity index (χ1v) is 6.03. The number of nitrogens with two attached hydrogens (primary N) is 1. The lowest BCUT2D eigenvalue weighted by atomic mass is 9.87. The van der Waals surface area contributed by atoms with Gasteiger partial charge in [-0.15, -0.1) is 0 Å². The Bertz CT molecular complexity index is 226. The van der Waals surface area contributed by atoms with Crippen LogP contribution in [0.2, 0.25) is 0 Å². The van der Waals surface area contributed by atoms with Crippen molar-refractivity contribution in [2.75, 3.05) is 0 Å². The summed E-state index contributed by atoms with van der Waals surface area (Å²) in [7, 11) is 0. The van der Waals surface area contributed by atoms with Crippen LogP contribution in [-0.4, -0.2) is 18.0 Å². The Labute approximate surface area is 92.8 Å². The quantitative estimate of drug-likeness (QED) is 0.746. The summed E-state index contributed by atoms with van der Waals surface area (Å²) in [5.41, 5.74) is 6.02. The van der Waals surface area contributed by atoms with Crippen LogP contribution in [0.15, 0.2) is 0 Å². The fraction of sp³-hybridized carbons (Fsp3) is 0.917. The maximum absolute atomic E-state index is 11.7. The van der Waals surface area contributed by atoms with E-state index >= 15 is 0 Å². The molecular formula is C12H24N2O. The molecule has 0 saturated heterocycles. The minimum Gasteiger partial charge on any atom is -0.351 e. The van der Waals surface area contributed by atoms with Gasteiger partial charge in [-0.3, -0.25) is 4.79 Å². The van der Waals surface area contributed by atoms with E-state index in [0.29, 0.717) is 6.04 Å². The Hall–Kier alpha value is -0.570. The van der Waals surface area contributed by atoms with Crippen LogP contribution in [0.1, 0.15) is 52.9 Å². The number of hydrogen-bond acceptors (Lipinski definition) is 2. The van der Waals surface area contributed by atoms with Crippen molar-refractivity contribution >= 4 is 5.91 Å². The molecule has 1 fully saturated rings. The molecule has 3 nitrogen and oxygen atoms in total. The zero-order valence-electron chi connectivity index (χ0n) is 10.2. The van der Waals surface area contributed by atoms with Gasteiger partial charge >= 0.3 is 0 Å². The van der Waals surface area contributed by atoms with Gasteiger partial charge in [0.25, 0.3) is 0 Å². The molecule has 0 aliphatic heterocycles. The van der Waals surface area contributed by atoms with Crippen LogP contribution >= 0.6 is 0 Å². The molecule has 0 heterocycles. The van der Waals surface area contributed by atoms with E-state index in [0.717, 1.165) is 19.3 Å². The van der Waals surface area contributed by atoms with Gasteiger partial charge in [-0.25, -0.2) is 0 Å². The lowest BCUT2D eigenvalue weighted by Gasteiger charge is -2.28. The SMILES string of the molecule is CCC[C@@H](N)C(=O)NC1CCCC1(C)C. The fourth-order valence-electron chi connectivity index (χ4n) is 2.32. The molecule has 0 radical (unpaired) electrons. The van der Waals surface area contributed by atoms with E-state index < -0.39 is 0 Å². The van der Waals surface area contributed by atoms with Crippen molar-refractivity contribution < 1.29 is 4.79 Å². The summed E-state index contributed by atoms with van der Waals surface area (Å²) in [5.74, 6) is 0.0248. The highest BCUT2D eigenvalue weighted by Gasteiger charge is 2.35. The van der Waals surface area contributed by atoms with Gasteiger partial charge in [-0.05, 0) is 24.7 Å². The van der Waals surface area contributed by atoms with Gasteiger partial charge in [0.15, 0.2) is 0 Å². The lowest BCUT2D eigenvalue weighted by Crippen LogP contribution is -2.48. The number of carbonyl (C=O) groups excluding carboxylic acids is 1. The molecule has 0 aromatic heterocycles. The van der Waals surface area contributed by atoms with Crippen LogP contribution in [0.3, 0.4) is 0 Å². The number of carbonyl (C=O) groups is 1. The summed E-state index contributed by atoms with van der Waals surface area (Å²) < 4.78 is 0. The van der Waals surface area contributed by atoms with Gasteiger partial charge in [-0.1, -0.05) is 33.6 Å². The summed E-state index contributed by atoms with van der Waals surface area (Å²) in [6.07, 6.45) is 5.24. The van der Waals surface area contributed by atoms with Crippen LogP contribution in [0.25, 0.3) is 0 Å². The average Bonchev–Trinajstić information content (AvgIpc) is 2.46. The normalized spacial score (nSPS) is 26.3. The standard InChI is InChI=1S/C12H24N2O/c1-4-6-9(13)11(15)14-10-7-5-8-12(10,2)3/h9-10H,4-8,13H2,1-3H3,(H,14,15)/t9-,10?/m1/s1. The van der Waals surface area contributed by atoms with Gasteiger partial charge in [0.2, 0.25) is 5.91 Å². The van der Waals surface area contributed by atoms with E-state index in [9.17, 15) is 4.79 Å². The van der Waals surface area contributed by atoms with Crippen molar-refractivity contribution in [2.45, 2.75) is 65.0 Å². The Morgan fingerprint density at radius 1 is 1.60 bits per heavy atom. The van der Waals surface area contributed by atoms with E-state index in [1.165, 1.54) is 12.8 Å². The minimum absolute atomic E-state index is 0.0248. The molecular weight excluding hydrogens is 188 g/mol. The van der Waals surface area contributed by atoms with Gasteiger partial charge in [0.1, 0.15) is 0 Å². The van der Waals surface area contributed by atoms with Crippen LogP contribution in [0.4, 0.5) is 0 Å². The summed E-state index contributed by atoms with van der Waals surface area (Å²) in [6, 6.07) is -0.0145. The molecule has 2 atom stereocenters. The largest absolute Gasteiger partial charge is 0.351 e. The highest BCUT2D eigenvalue weighted by molar-refractivity contribution is 5.81. The van der Waals surface area contributed by atoms with E-state index in [2.05, 4.69) is 19.2 Å². The topological polar surface area (TPSA) is 55.1 Å². The van der Waals surface area contributed by atoms with E-state index in [4.69, 9.17) is 5.73 Å². The average molecular weight is 212 g/mol. The molecule has 1 rings (SSSR count). The second-order valence-electron chi connectivity index (χ2n) is 5.34. The first kappa shape index (κ1) is 12.5. The molecule has 3 heteroatoms. The van der Waals surface area contributed by atoms with E-state index in [1.54, 1.807) is 0 Å². The number of rotatable bonds is 4. The van der Waals surface area contributed by atoms with Crippen molar-refractivity contribution in [2.24, 2.45) is 11.1 Å². The first-order chi connectivity index (χ1) is 6.97. The molecule has 15 heavy (non-hydrogen) atoms. The van der Waals surface area contributed by atoms with Crippen LogP contribution in [-0.2, 0) is 4.79 Å². The Kier molecular flexibility index (Phi) is 4.14. The van der Waals surface area contributed by atoms with E-state index in [-0.39, 0.29) is 17.4 Å². The second-order valence-corrected chi connectivity index (χ2v) is 5.34. The highest BCUT2D eigenvalue weighted by atomic mass is 16.2. The molecule has 0 aromatic carbocycles. The minimum atomic E-state index is -0.327. The second kappa shape index (κ2) is 4.97. The molecule has 1 amide bonds. The van der Waals surface area contributed by atoms with Crippen molar-refractivity contribution in [1.82, 2.24) is 5.32 Å². The molecule has 1 saturated carbocycles. The van der Waals surface area contributed by atoms with Crippen molar-refractivity contribution in [3.63, 3.8) is 0 Å². The van der Waals surface area contributed by atoms with Gasteiger partial charge in [0.05, 0.1) is 6.04 Å². The van der Waals surface area contributed by atoms with Crippen LogP contribution < -0.4 is 11.1 Å². The molecule has 88 valence electrons. The Morgan fingerprint density at radius 2 is 2.27 bits per heavy atom. The summed E-state index contributed by atoms with van der Waals surface area (Å²) in [5, 5.41) is 3.09. The van der Waals surface area contributed by atoms with E-state index in [1.807, 2.05) is 6.92 Å². The zero-order valence-corrected chi connectivity index (χ0v) is 10.2. The summed E-state index contributed by atoms with van der Waals surface area (Å²) in [6.45, 7) is 6.49. The third-order valence-corrected chi connectivity index (χ3v) is 3.51. The monoisotopic (exact) mass is 212 g/mol. The lowest BCUT2D eigenvalue weighted by molar-refractivity contribution is -0.123. The Morgan fingerprint density at radius 3 is 2.73 bits per heavy atom. The van der Waals surface area contributed by atoms with Crippen molar-refractivity contribution in [3.8, 4) is 0 Å². The van der Waals surface area contributed by atoms with Crippen molar-refractivity contribution in [1.29, 1.82) is 0 Å². The van der Waals surface area contributed by atoms with Gasteiger partial charge in [0, 0.05) is 6.04 Å². The van der Waals surface area contributed by atoms with Crippen LogP contribution in [0, 0.1) is 5.41 Å². The Balaban J connectivity index is 2.44. The van der Waals surface area contributed by atoms with Gasteiger partial charge in [-0.2, -0.15) is 0 Å². The first-order valence-electron chi connectivity index (χ1n) is 6.03. The molecule has 1 aliphatic carbocycles. The smallest absolute Gasteiger partial charge is 0.237 e. The summed E-state index contributed by atoms with van der Waals surface area (Å²) >= 11 is 0. The maximum atomic E-state index is 11.7. The molecule has 0 aromatic rings. The molecule has 3 N–H and O–H groups in total. The van der Waals surface area contributed by atoms with Crippen molar-refractivity contribution in [3.05, 3.63) is 0 Å². The third-order valence-electron chi connectivity index (χ3n) is 3.51. The number of amides is 1. The molecule has 0 spiro atoms. The predicted molar refractivity (Wildman–Crippen MR) is 62.4 cm³/mol. The fourth-order valence-corrected chi connectivity index (χ4v) is 2.32. The summed E-state index contributed by atoms with van der Waals surface area (Å²) in [4.78, 5) is 11.7. The zero-order chi connectivity index (χ0) is 11.5. The highest BCUT2D eigenvalue weighted by Crippen LogP contribution is 2.37. The van der Waals surface area contributed by atoms with Gasteiger partial charge < -0.3 is 11.1 Å².